The van der Waals surface area contributed by atoms with E-state index >= 15 is 0 Å². The lowest BCUT2D eigenvalue weighted by Gasteiger charge is -2.25. The third kappa shape index (κ3) is 5.19. The van der Waals surface area contributed by atoms with Crippen molar-refractivity contribution in [3.63, 3.8) is 0 Å². The first-order valence-electron chi connectivity index (χ1n) is 9.83. The minimum atomic E-state index is -3.59. The monoisotopic (exact) mass is 458 g/mol. The summed E-state index contributed by atoms with van der Waals surface area (Å²) < 4.78 is 54.9. The molecule has 3 rings (SSSR count). The maximum absolute atomic E-state index is 12.6. The number of hydrogen-bond acceptors (Lipinski definition) is 7. The topological polar surface area (TPSA) is 118 Å². The van der Waals surface area contributed by atoms with Crippen molar-refractivity contribution in [2.75, 3.05) is 38.2 Å². The fraction of sp³-hybridized carbons (Fsp3) is 0.579. The van der Waals surface area contributed by atoms with Gasteiger partial charge in [0.05, 0.1) is 22.0 Å². The molecule has 2 fully saturated rings. The van der Waals surface area contributed by atoms with Crippen LogP contribution in [0.15, 0.2) is 29.2 Å². The summed E-state index contributed by atoms with van der Waals surface area (Å²) >= 11 is 0. The first-order chi connectivity index (χ1) is 14.1. The number of amides is 1. The van der Waals surface area contributed by atoms with Gasteiger partial charge >= 0.3 is 5.97 Å². The average molecular weight is 459 g/mol. The van der Waals surface area contributed by atoms with Gasteiger partial charge in [-0.25, -0.2) is 21.6 Å². The van der Waals surface area contributed by atoms with E-state index in [9.17, 15) is 26.4 Å². The van der Waals surface area contributed by atoms with E-state index < -0.39 is 44.4 Å². The van der Waals surface area contributed by atoms with Gasteiger partial charge in [-0.2, -0.15) is 4.31 Å². The second-order valence-corrected chi connectivity index (χ2v) is 11.8. The zero-order valence-electron chi connectivity index (χ0n) is 16.8. The van der Waals surface area contributed by atoms with E-state index in [-0.39, 0.29) is 22.0 Å². The number of nitrogens with zero attached hydrogens (tertiary/aromatic N) is 2. The van der Waals surface area contributed by atoms with Crippen molar-refractivity contribution in [3.05, 3.63) is 29.8 Å². The fourth-order valence-corrected chi connectivity index (χ4v) is 6.91. The number of likely N-dealkylation sites (N-methyl/N-ethyl adjacent to an activating group) is 1. The van der Waals surface area contributed by atoms with Crippen LogP contribution in [0, 0.1) is 0 Å². The van der Waals surface area contributed by atoms with E-state index in [0.29, 0.717) is 19.5 Å². The van der Waals surface area contributed by atoms with Crippen LogP contribution in [0.2, 0.25) is 0 Å². The van der Waals surface area contributed by atoms with E-state index in [4.69, 9.17) is 4.74 Å². The molecule has 166 valence electrons. The van der Waals surface area contributed by atoms with E-state index in [1.54, 1.807) is 0 Å². The highest BCUT2D eigenvalue weighted by molar-refractivity contribution is 7.91. The summed E-state index contributed by atoms with van der Waals surface area (Å²) in [5.41, 5.74) is 0.131. The number of esters is 1. The highest BCUT2D eigenvalue weighted by Crippen LogP contribution is 2.21. The SMILES string of the molecule is CN(C(=O)COC(=O)c1ccc(S(=O)(=O)N2CCCCC2)cc1)C1CCS(=O)(=O)C1. The molecule has 0 N–H and O–H groups in total. The Morgan fingerprint density at radius 1 is 1.13 bits per heavy atom. The van der Waals surface area contributed by atoms with Gasteiger partial charge in [0.1, 0.15) is 0 Å². The van der Waals surface area contributed by atoms with Crippen LogP contribution in [-0.4, -0.2) is 82.2 Å². The molecule has 1 atom stereocenters. The molecular formula is C19H26N2O7S2. The second-order valence-electron chi connectivity index (χ2n) is 7.63. The van der Waals surface area contributed by atoms with Crippen LogP contribution >= 0.6 is 0 Å². The first kappa shape index (κ1) is 22.7. The van der Waals surface area contributed by atoms with Crippen molar-refractivity contribution < 1.29 is 31.2 Å². The van der Waals surface area contributed by atoms with E-state index in [1.807, 2.05) is 0 Å². The fourth-order valence-electron chi connectivity index (χ4n) is 3.61. The molecule has 0 saturated carbocycles. The van der Waals surface area contributed by atoms with Gasteiger partial charge in [-0.15, -0.1) is 0 Å². The number of piperidine rings is 1. The van der Waals surface area contributed by atoms with Crippen molar-refractivity contribution in [1.82, 2.24) is 9.21 Å². The quantitative estimate of drug-likeness (QED) is 0.575. The van der Waals surface area contributed by atoms with E-state index in [1.165, 1.54) is 40.5 Å². The number of sulfonamides is 1. The standard InChI is InChI=1S/C19H26N2O7S2/c1-20(16-9-12-29(24,25)14-16)18(22)13-28-19(23)15-5-7-17(8-6-15)30(26,27)21-10-3-2-4-11-21/h5-8,16H,2-4,9-14H2,1H3. The Bertz CT molecular complexity index is 998. The molecule has 2 saturated heterocycles. The Balaban J connectivity index is 1.56. The molecule has 2 aliphatic heterocycles. The third-order valence-electron chi connectivity index (χ3n) is 5.52. The van der Waals surface area contributed by atoms with Crippen molar-refractivity contribution in [2.45, 2.75) is 36.6 Å². The summed E-state index contributed by atoms with van der Waals surface area (Å²) in [6.45, 7) is 0.466. The molecule has 1 amide bonds. The largest absolute Gasteiger partial charge is 0.452 e. The number of hydrogen-bond donors (Lipinski definition) is 0. The minimum absolute atomic E-state index is 0.0434. The van der Waals surface area contributed by atoms with Gasteiger partial charge in [0.25, 0.3) is 5.91 Å². The Labute approximate surface area is 177 Å². The third-order valence-corrected chi connectivity index (χ3v) is 9.18. The average Bonchev–Trinajstić information content (AvgIpc) is 3.11. The molecule has 0 bridgehead atoms. The molecule has 1 aromatic carbocycles. The Hall–Kier alpha value is -1.98. The molecule has 1 unspecified atom stereocenters. The van der Waals surface area contributed by atoms with Crippen LogP contribution in [0.25, 0.3) is 0 Å². The minimum Gasteiger partial charge on any atom is -0.452 e. The predicted octanol–water partition coefficient (Wildman–Crippen LogP) is 0.664. The first-order valence-corrected chi connectivity index (χ1v) is 13.1. The maximum atomic E-state index is 12.6. The number of carbonyl (C=O) groups is 2. The Kier molecular flexibility index (Phi) is 6.83. The van der Waals surface area contributed by atoms with Crippen molar-refractivity contribution >= 4 is 31.7 Å². The lowest BCUT2D eigenvalue weighted by Crippen LogP contribution is -2.40. The number of benzene rings is 1. The second kappa shape index (κ2) is 9.03. The highest BCUT2D eigenvalue weighted by atomic mass is 32.2. The van der Waals surface area contributed by atoms with Gasteiger partial charge in [0.15, 0.2) is 16.4 Å². The van der Waals surface area contributed by atoms with Crippen LogP contribution < -0.4 is 0 Å². The van der Waals surface area contributed by atoms with E-state index in [0.717, 1.165) is 19.3 Å². The van der Waals surface area contributed by atoms with Gasteiger partial charge in [0.2, 0.25) is 10.0 Å². The Morgan fingerprint density at radius 2 is 1.77 bits per heavy atom. The highest BCUT2D eigenvalue weighted by Gasteiger charge is 2.33. The predicted molar refractivity (Wildman–Crippen MR) is 109 cm³/mol. The van der Waals surface area contributed by atoms with Crippen molar-refractivity contribution in [3.8, 4) is 0 Å². The molecule has 0 radical (unpaired) electrons. The molecule has 9 nitrogen and oxygen atoms in total. The van der Waals surface area contributed by atoms with Crippen LogP contribution in [0.4, 0.5) is 0 Å². The normalized spacial score (nSPS) is 21.8. The smallest absolute Gasteiger partial charge is 0.338 e. The number of sulfone groups is 1. The Morgan fingerprint density at radius 3 is 2.33 bits per heavy atom. The molecule has 0 spiro atoms. The molecule has 11 heteroatoms. The summed E-state index contributed by atoms with van der Waals surface area (Å²) in [6, 6.07) is 5.02. The van der Waals surface area contributed by atoms with Crippen LogP contribution in [-0.2, 0) is 29.4 Å². The summed E-state index contributed by atoms with van der Waals surface area (Å²) in [5.74, 6) is -1.29. The summed E-state index contributed by atoms with van der Waals surface area (Å²) in [5, 5.41) is 0. The molecule has 2 heterocycles. The molecule has 1 aromatic rings. The van der Waals surface area contributed by atoms with Gasteiger partial charge in [-0.3, -0.25) is 4.79 Å². The summed E-state index contributed by atoms with van der Waals surface area (Å²) in [4.78, 5) is 25.8. The van der Waals surface area contributed by atoms with Crippen molar-refractivity contribution in [1.29, 1.82) is 0 Å². The number of carbonyl (C=O) groups excluding carboxylic acids is 2. The maximum Gasteiger partial charge on any atom is 0.338 e. The zero-order valence-corrected chi connectivity index (χ0v) is 18.5. The molecular weight excluding hydrogens is 432 g/mol. The molecule has 0 aliphatic carbocycles. The van der Waals surface area contributed by atoms with Crippen LogP contribution in [0.3, 0.4) is 0 Å². The number of ether oxygens (including phenoxy) is 1. The molecule has 30 heavy (non-hydrogen) atoms. The summed E-state index contributed by atoms with van der Waals surface area (Å²) in [6.07, 6.45) is 3.05. The zero-order chi connectivity index (χ0) is 21.9. The van der Waals surface area contributed by atoms with Gasteiger partial charge in [-0.1, -0.05) is 6.42 Å². The lowest BCUT2D eigenvalue weighted by molar-refractivity contribution is -0.134. The van der Waals surface area contributed by atoms with Crippen LogP contribution in [0.1, 0.15) is 36.0 Å². The van der Waals surface area contributed by atoms with Gasteiger partial charge < -0.3 is 9.64 Å². The molecule has 0 aromatic heterocycles. The molecule has 2 aliphatic rings. The van der Waals surface area contributed by atoms with Crippen LogP contribution in [0.5, 0.6) is 0 Å². The summed E-state index contributed by atoms with van der Waals surface area (Å²) in [7, 11) is -5.23. The number of rotatable bonds is 6. The van der Waals surface area contributed by atoms with Gasteiger partial charge in [-0.05, 0) is 43.5 Å². The van der Waals surface area contributed by atoms with E-state index in [2.05, 4.69) is 0 Å². The van der Waals surface area contributed by atoms with Crippen molar-refractivity contribution in [2.24, 2.45) is 0 Å². The van der Waals surface area contributed by atoms with Gasteiger partial charge in [0, 0.05) is 26.2 Å². The lowest BCUT2D eigenvalue weighted by atomic mass is 10.2.